The molecule has 2 aliphatic heterocycles. The fourth-order valence-electron chi connectivity index (χ4n) is 5.67. The molecule has 4 heterocycles. The molecule has 0 radical (unpaired) electrons. The molecule has 0 unspecified atom stereocenters. The Balaban J connectivity index is 1.20. The van der Waals surface area contributed by atoms with Gasteiger partial charge in [-0.25, -0.2) is 4.98 Å². The lowest BCUT2D eigenvalue weighted by molar-refractivity contribution is -0.144. The largest absolute Gasteiger partial charge is 0.441 e. The lowest BCUT2D eigenvalue weighted by Crippen LogP contribution is -2.64. The predicted octanol–water partition coefficient (Wildman–Crippen LogP) is 3.50. The molecule has 6 rings (SSSR count). The van der Waals surface area contributed by atoms with Crippen LogP contribution in [0.1, 0.15) is 35.6 Å². The summed E-state index contributed by atoms with van der Waals surface area (Å²) in [5.74, 6) is 0.890. The number of H-pyrrole nitrogens is 1. The summed E-state index contributed by atoms with van der Waals surface area (Å²) in [6, 6.07) is 17.9. The standard InChI is InChI=1S/C29H31N5O3/c1-19-24(32-27(37-19)20-7-3-2-4-8-20)17-26(35)33-29(12-14-30-15-13-29)28(36)34-16-11-22-21-9-5-6-10-23(21)31-25(22)18-34/h2-10,30-31H,11-18H2,1H3,(H,33,35). The number of benzene rings is 2. The first kappa shape index (κ1) is 23.5. The van der Waals surface area contributed by atoms with E-state index in [1.807, 2.05) is 54.3 Å². The zero-order valence-corrected chi connectivity index (χ0v) is 21.0. The third-order valence-electron chi connectivity index (χ3n) is 7.66. The van der Waals surface area contributed by atoms with Gasteiger partial charge < -0.3 is 24.9 Å². The first-order valence-electron chi connectivity index (χ1n) is 12.9. The Morgan fingerprint density at radius 2 is 1.84 bits per heavy atom. The maximum atomic E-state index is 14.0. The van der Waals surface area contributed by atoms with Gasteiger partial charge in [-0.3, -0.25) is 9.59 Å². The minimum atomic E-state index is -0.925. The van der Waals surface area contributed by atoms with Gasteiger partial charge in [0.05, 0.1) is 18.7 Å². The van der Waals surface area contributed by atoms with E-state index in [9.17, 15) is 9.59 Å². The summed E-state index contributed by atoms with van der Waals surface area (Å²) in [7, 11) is 0. The Morgan fingerprint density at radius 3 is 2.65 bits per heavy atom. The third-order valence-corrected chi connectivity index (χ3v) is 7.66. The van der Waals surface area contributed by atoms with E-state index in [1.165, 1.54) is 10.9 Å². The summed E-state index contributed by atoms with van der Waals surface area (Å²) < 4.78 is 5.84. The smallest absolute Gasteiger partial charge is 0.248 e. The summed E-state index contributed by atoms with van der Waals surface area (Å²) in [5, 5.41) is 7.70. The molecule has 37 heavy (non-hydrogen) atoms. The molecular formula is C29H31N5O3. The van der Waals surface area contributed by atoms with E-state index in [2.05, 4.69) is 32.7 Å². The van der Waals surface area contributed by atoms with Gasteiger partial charge >= 0.3 is 0 Å². The number of aryl methyl sites for hydroxylation is 1. The number of carbonyl (C=O) groups excluding carboxylic acids is 2. The fourth-order valence-corrected chi connectivity index (χ4v) is 5.67. The highest BCUT2D eigenvalue weighted by Crippen LogP contribution is 2.30. The van der Waals surface area contributed by atoms with Crippen LogP contribution >= 0.6 is 0 Å². The van der Waals surface area contributed by atoms with Crippen LogP contribution in [0, 0.1) is 6.92 Å². The van der Waals surface area contributed by atoms with Crippen LogP contribution < -0.4 is 10.6 Å². The molecule has 8 nitrogen and oxygen atoms in total. The van der Waals surface area contributed by atoms with Gasteiger partial charge in [0.2, 0.25) is 17.7 Å². The molecule has 1 fully saturated rings. The summed E-state index contributed by atoms with van der Waals surface area (Å²) >= 11 is 0. The van der Waals surface area contributed by atoms with Crippen molar-refractivity contribution in [2.75, 3.05) is 19.6 Å². The maximum absolute atomic E-state index is 14.0. The van der Waals surface area contributed by atoms with Crippen molar-refractivity contribution >= 4 is 22.7 Å². The minimum absolute atomic E-state index is 0.00601. The lowest BCUT2D eigenvalue weighted by atomic mass is 9.85. The second-order valence-electron chi connectivity index (χ2n) is 10.0. The van der Waals surface area contributed by atoms with Gasteiger partial charge in [0.25, 0.3) is 0 Å². The number of hydrogen-bond donors (Lipinski definition) is 3. The summed E-state index contributed by atoms with van der Waals surface area (Å²) in [6.45, 7) is 4.34. The Labute approximate surface area is 215 Å². The van der Waals surface area contributed by atoms with Crippen LogP contribution in [0.3, 0.4) is 0 Å². The molecule has 0 aliphatic carbocycles. The molecule has 2 aromatic heterocycles. The van der Waals surface area contributed by atoms with Crippen molar-refractivity contribution in [1.82, 2.24) is 25.5 Å². The number of fused-ring (bicyclic) bond motifs is 3. The van der Waals surface area contributed by atoms with Gasteiger partial charge in [0.1, 0.15) is 11.3 Å². The molecule has 2 amide bonds. The number of carbonyl (C=O) groups is 2. The van der Waals surface area contributed by atoms with E-state index < -0.39 is 5.54 Å². The number of aromatic nitrogens is 2. The van der Waals surface area contributed by atoms with Crippen LogP contribution in [0.4, 0.5) is 0 Å². The van der Waals surface area contributed by atoms with E-state index in [1.54, 1.807) is 0 Å². The van der Waals surface area contributed by atoms with Crippen molar-refractivity contribution in [2.45, 2.75) is 44.7 Å². The zero-order valence-electron chi connectivity index (χ0n) is 21.0. The van der Waals surface area contributed by atoms with Crippen LogP contribution in [0.15, 0.2) is 59.0 Å². The normalized spacial score (nSPS) is 16.9. The van der Waals surface area contributed by atoms with Crippen LogP contribution in [0.5, 0.6) is 0 Å². The first-order valence-corrected chi connectivity index (χ1v) is 12.9. The van der Waals surface area contributed by atoms with Gasteiger partial charge in [-0.05, 0) is 63.0 Å². The highest BCUT2D eigenvalue weighted by molar-refractivity contribution is 5.93. The second-order valence-corrected chi connectivity index (χ2v) is 10.0. The maximum Gasteiger partial charge on any atom is 0.248 e. The number of oxazole rings is 1. The van der Waals surface area contributed by atoms with Gasteiger partial charge in [0.15, 0.2) is 0 Å². The monoisotopic (exact) mass is 497 g/mol. The van der Waals surface area contributed by atoms with Crippen LogP contribution in [-0.4, -0.2) is 51.9 Å². The van der Waals surface area contributed by atoms with Gasteiger partial charge in [-0.1, -0.05) is 36.4 Å². The van der Waals surface area contributed by atoms with Crippen LogP contribution in [-0.2, 0) is 29.0 Å². The SMILES string of the molecule is Cc1oc(-c2ccccc2)nc1CC(=O)NC1(C(=O)N2CCc3c([nH]c4ccccc34)C2)CCNCC1. The summed E-state index contributed by atoms with van der Waals surface area (Å²) in [6.07, 6.45) is 1.98. The molecule has 190 valence electrons. The second kappa shape index (κ2) is 9.52. The van der Waals surface area contributed by atoms with Crippen molar-refractivity contribution in [3.8, 4) is 11.5 Å². The lowest BCUT2D eigenvalue weighted by Gasteiger charge is -2.41. The predicted molar refractivity (Wildman–Crippen MR) is 141 cm³/mol. The van der Waals surface area contributed by atoms with Crippen molar-refractivity contribution in [3.05, 3.63) is 77.3 Å². The van der Waals surface area contributed by atoms with E-state index >= 15 is 0 Å². The molecule has 0 bridgehead atoms. The van der Waals surface area contributed by atoms with E-state index in [0.29, 0.717) is 56.4 Å². The molecule has 2 aromatic carbocycles. The van der Waals surface area contributed by atoms with E-state index in [4.69, 9.17) is 4.42 Å². The highest BCUT2D eigenvalue weighted by atomic mass is 16.4. The highest BCUT2D eigenvalue weighted by Gasteiger charge is 2.44. The number of nitrogens with one attached hydrogen (secondary N) is 3. The molecule has 0 atom stereocenters. The topological polar surface area (TPSA) is 103 Å². The molecule has 0 spiro atoms. The number of nitrogens with zero attached hydrogens (tertiary/aromatic N) is 2. The molecule has 8 heteroatoms. The van der Waals surface area contributed by atoms with Crippen molar-refractivity contribution in [2.24, 2.45) is 0 Å². The Kier molecular flexibility index (Phi) is 6.04. The Bertz CT molecular complexity index is 1450. The third kappa shape index (κ3) is 4.42. The molecule has 0 saturated carbocycles. The first-order chi connectivity index (χ1) is 18.0. The number of rotatable bonds is 5. The van der Waals surface area contributed by atoms with E-state index in [0.717, 1.165) is 23.2 Å². The fraction of sp³-hybridized carbons (Fsp3) is 0.345. The summed E-state index contributed by atoms with van der Waals surface area (Å²) in [5.41, 5.74) is 4.01. The molecular weight excluding hydrogens is 466 g/mol. The number of aromatic amines is 1. The average Bonchev–Trinajstić information content (AvgIpc) is 3.48. The minimum Gasteiger partial charge on any atom is -0.441 e. The van der Waals surface area contributed by atoms with Crippen molar-refractivity contribution in [1.29, 1.82) is 0 Å². The number of para-hydroxylation sites is 1. The van der Waals surface area contributed by atoms with Crippen molar-refractivity contribution in [3.63, 3.8) is 0 Å². The quantitative estimate of drug-likeness (QED) is 0.392. The van der Waals surface area contributed by atoms with Gasteiger partial charge in [-0.15, -0.1) is 0 Å². The van der Waals surface area contributed by atoms with Crippen LogP contribution in [0.2, 0.25) is 0 Å². The van der Waals surface area contributed by atoms with E-state index in [-0.39, 0.29) is 18.2 Å². The zero-order chi connectivity index (χ0) is 25.4. The molecule has 4 aromatic rings. The number of piperidine rings is 1. The Morgan fingerprint density at radius 1 is 1.08 bits per heavy atom. The Hall–Kier alpha value is -3.91. The van der Waals surface area contributed by atoms with Gasteiger partial charge in [-0.2, -0.15) is 0 Å². The summed E-state index contributed by atoms with van der Waals surface area (Å²) in [4.78, 5) is 37.3. The number of amides is 2. The van der Waals surface area contributed by atoms with Crippen LogP contribution in [0.25, 0.3) is 22.4 Å². The molecule has 2 aliphatic rings. The van der Waals surface area contributed by atoms with Gasteiger partial charge in [0, 0.05) is 28.7 Å². The van der Waals surface area contributed by atoms with Crippen molar-refractivity contribution < 1.29 is 14.0 Å². The average molecular weight is 498 g/mol. The number of hydrogen-bond acceptors (Lipinski definition) is 5. The molecule has 3 N–H and O–H groups in total. The molecule has 1 saturated heterocycles.